The summed E-state index contributed by atoms with van der Waals surface area (Å²) in [5, 5.41) is 12.1. The Hall–Kier alpha value is -2.68. The van der Waals surface area contributed by atoms with Crippen molar-refractivity contribution < 1.29 is 9.59 Å². The third kappa shape index (κ3) is 3.43. The number of hydrogen-bond donors (Lipinski definition) is 2. The minimum atomic E-state index is -0.914. The lowest BCUT2D eigenvalue weighted by atomic mass is 10.1. The molecule has 6 nitrogen and oxygen atoms in total. The maximum absolute atomic E-state index is 11.1. The van der Waals surface area contributed by atoms with Gasteiger partial charge in [0.2, 0.25) is 5.71 Å². The highest BCUT2D eigenvalue weighted by Crippen LogP contribution is 2.10. The summed E-state index contributed by atoms with van der Waals surface area (Å²) in [6, 6.07) is 8.06. The summed E-state index contributed by atoms with van der Waals surface area (Å²) in [5.74, 6) is -1.00. The highest BCUT2D eigenvalue weighted by molar-refractivity contribution is 6.44. The zero-order valence-corrected chi connectivity index (χ0v) is 9.10. The number of nitrogens with two attached hydrogens (primary N) is 1. The number of hydrazone groups is 1. The van der Waals surface area contributed by atoms with Gasteiger partial charge in [-0.2, -0.15) is 10.4 Å². The molecular formula is C11H10N4O2. The number of nitriles is 1. The molecule has 0 unspecified atom stereocenters. The maximum atomic E-state index is 11.1. The highest BCUT2D eigenvalue weighted by Gasteiger charge is 2.05. The number of ketones is 1. The highest BCUT2D eigenvalue weighted by atomic mass is 16.1. The van der Waals surface area contributed by atoms with Crippen LogP contribution in [-0.4, -0.2) is 17.4 Å². The van der Waals surface area contributed by atoms with Gasteiger partial charge in [0.1, 0.15) is 6.07 Å². The van der Waals surface area contributed by atoms with Crippen LogP contribution in [-0.2, 0) is 4.79 Å². The van der Waals surface area contributed by atoms with E-state index in [0.717, 1.165) is 0 Å². The molecule has 0 aliphatic carbocycles. The van der Waals surface area contributed by atoms with Crippen molar-refractivity contribution in [2.45, 2.75) is 6.92 Å². The molecule has 17 heavy (non-hydrogen) atoms. The van der Waals surface area contributed by atoms with E-state index in [-0.39, 0.29) is 5.78 Å². The number of rotatable bonds is 4. The number of hydrogen-bond acceptors (Lipinski definition) is 5. The summed E-state index contributed by atoms with van der Waals surface area (Å²) in [7, 11) is 0. The smallest absolute Gasteiger partial charge is 0.280 e. The van der Waals surface area contributed by atoms with Crippen molar-refractivity contribution in [2.24, 2.45) is 10.8 Å². The molecule has 0 radical (unpaired) electrons. The molecule has 1 aromatic carbocycles. The van der Waals surface area contributed by atoms with Gasteiger partial charge in [0.25, 0.3) is 5.91 Å². The average molecular weight is 230 g/mol. The van der Waals surface area contributed by atoms with Crippen molar-refractivity contribution in [3.05, 3.63) is 29.8 Å². The minimum Gasteiger partial charge on any atom is -0.364 e. The second kappa shape index (κ2) is 5.42. The number of carbonyl (C=O) groups excluding carboxylic acids is 2. The molecule has 0 bridgehead atoms. The van der Waals surface area contributed by atoms with Gasteiger partial charge >= 0.3 is 0 Å². The molecule has 0 aromatic heterocycles. The van der Waals surface area contributed by atoms with Crippen LogP contribution in [0.3, 0.4) is 0 Å². The first-order valence-electron chi connectivity index (χ1n) is 4.69. The standard InChI is InChI=1S/C11H10N4O2/c1-7(16)8-3-2-4-9(5-8)14-15-10(6-12)11(13)17/h2-5,14H,1H3,(H2,13,17). The van der Waals surface area contributed by atoms with Gasteiger partial charge in [-0.3, -0.25) is 15.0 Å². The number of benzene rings is 1. The van der Waals surface area contributed by atoms with Crippen molar-refractivity contribution in [2.75, 3.05) is 5.43 Å². The predicted molar refractivity (Wildman–Crippen MR) is 62.3 cm³/mol. The predicted octanol–water partition coefficient (Wildman–Crippen LogP) is 0.666. The van der Waals surface area contributed by atoms with Crippen molar-refractivity contribution in [3.8, 4) is 6.07 Å². The number of primary amides is 1. The number of carbonyl (C=O) groups is 2. The lowest BCUT2D eigenvalue weighted by Gasteiger charge is -2.02. The largest absolute Gasteiger partial charge is 0.364 e. The topological polar surface area (TPSA) is 108 Å². The Morgan fingerprint density at radius 1 is 1.47 bits per heavy atom. The third-order valence-corrected chi connectivity index (χ3v) is 1.91. The van der Waals surface area contributed by atoms with Crippen LogP contribution in [0.5, 0.6) is 0 Å². The SMILES string of the molecule is CC(=O)c1cccc(NN=C(C#N)C(N)=O)c1. The first-order valence-corrected chi connectivity index (χ1v) is 4.69. The molecule has 86 valence electrons. The van der Waals surface area contributed by atoms with Gasteiger partial charge in [-0.25, -0.2) is 0 Å². The zero-order valence-electron chi connectivity index (χ0n) is 9.10. The summed E-state index contributed by atoms with van der Waals surface area (Å²) in [5.41, 5.74) is 7.95. The van der Waals surface area contributed by atoms with E-state index in [9.17, 15) is 9.59 Å². The normalized spacial score (nSPS) is 10.5. The van der Waals surface area contributed by atoms with E-state index >= 15 is 0 Å². The van der Waals surface area contributed by atoms with Crippen molar-refractivity contribution >= 4 is 23.1 Å². The number of amides is 1. The Kier molecular flexibility index (Phi) is 3.95. The van der Waals surface area contributed by atoms with Gasteiger partial charge in [-0.1, -0.05) is 12.1 Å². The van der Waals surface area contributed by atoms with E-state index in [2.05, 4.69) is 10.5 Å². The number of nitrogens with one attached hydrogen (secondary N) is 1. The van der Waals surface area contributed by atoms with E-state index in [0.29, 0.717) is 11.3 Å². The second-order valence-electron chi connectivity index (χ2n) is 3.19. The molecule has 0 aliphatic rings. The summed E-state index contributed by atoms with van der Waals surface area (Å²) in [4.78, 5) is 21.8. The molecule has 0 spiro atoms. The second-order valence-corrected chi connectivity index (χ2v) is 3.19. The van der Waals surface area contributed by atoms with Crippen molar-refractivity contribution in [3.63, 3.8) is 0 Å². The summed E-state index contributed by atoms with van der Waals surface area (Å²) in [6.07, 6.45) is 0. The molecule has 0 saturated heterocycles. The quantitative estimate of drug-likeness (QED) is 0.450. The van der Waals surface area contributed by atoms with Crippen LogP contribution >= 0.6 is 0 Å². The van der Waals surface area contributed by atoms with E-state index < -0.39 is 11.6 Å². The minimum absolute atomic E-state index is 0.0898. The van der Waals surface area contributed by atoms with Gasteiger partial charge in [0, 0.05) is 5.56 Å². The maximum Gasteiger partial charge on any atom is 0.280 e. The Balaban J connectivity index is 2.90. The lowest BCUT2D eigenvalue weighted by molar-refractivity contribution is -0.111. The van der Waals surface area contributed by atoms with Gasteiger partial charge < -0.3 is 5.73 Å². The Bertz CT molecular complexity index is 529. The van der Waals surface area contributed by atoms with Gasteiger partial charge in [-0.05, 0) is 19.1 Å². The van der Waals surface area contributed by atoms with Crippen LogP contribution in [0.15, 0.2) is 29.4 Å². The molecule has 0 saturated carbocycles. The van der Waals surface area contributed by atoms with E-state index in [4.69, 9.17) is 11.0 Å². The number of anilines is 1. The molecule has 1 amide bonds. The molecule has 0 fully saturated rings. The number of Topliss-reactive ketones (excluding diaryl/α,β-unsaturated/α-hetero) is 1. The van der Waals surface area contributed by atoms with E-state index in [1.54, 1.807) is 30.3 Å². The van der Waals surface area contributed by atoms with Crippen LogP contribution in [0.25, 0.3) is 0 Å². The van der Waals surface area contributed by atoms with Gasteiger partial charge in [0.15, 0.2) is 5.78 Å². The third-order valence-electron chi connectivity index (χ3n) is 1.91. The number of nitrogens with zero attached hydrogens (tertiary/aromatic N) is 2. The van der Waals surface area contributed by atoms with Crippen LogP contribution < -0.4 is 11.2 Å². The van der Waals surface area contributed by atoms with E-state index in [1.807, 2.05) is 0 Å². The molecular weight excluding hydrogens is 220 g/mol. The summed E-state index contributed by atoms with van der Waals surface area (Å²) >= 11 is 0. The molecule has 0 atom stereocenters. The van der Waals surface area contributed by atoms with Crippen LogP contribution in [0.4, 0.5) is 5.69 Å². The fourth-order valence-electron chi connectivity index (χ4n) is 1.06. The van der Waals surface area contributed by atoms with Gasteiger partial charge in [-0.15, -0.1) is 0 Å². The zero-order chi connectivity index (χ0) is 12.8. The van der Waals surface area contributed by atoms with E-state index in [1.165, 1.54) is 6.92 Å². The molecule has 1 aromatic rings. The Morgan fingerprint density at radius 2 is 2.18 bits per heavy atom. The first-order chi connectivity index (χ1) is 8.04. The summed E-state index contributed by atoms with van der Waals surface area (Å²) < 4.78 is 0. The van der Waals surface area contributed by atoms with Crippen LogP contribution in [0.1, 0.15) is 17.3 Å². The lowest BCUT2D eigenvalue weighted by Crippen LogP contribution is -2.22. The Labute approximate surface area is 97.7 Å². The molecule has 3 N–H and O–H groups in total. The molecule has 6 heteroatoms. The Morgan fingerprint density at radius 3 is 2.71 bits per heavy atom. The molecule has 0 aliphatic heterocycles. The molecule has 0 heterocycles. The van der Waals surface area contributed by atoms with Crippen LogP contribution in [0.2, 0.25) is 0 Å². The first kappa shape index (κ1) is 12.4. The van der Waals surface area contributed by atoms with Crippen molar-refractivity contribution in [1.82, 2.24) is 0 Å². The fourth-order valence-corrected chi connectivity index (χ4v) is 1.06. The van der Waals surface area contributed by atoms with Gasteiger partial charge in [0.05, 0.1) is 5.69 Å². The monoisotopic (exact) mass is 230 g/mol. The molecule has 1 rings (SSSR count). The van der Waals surface area contributed by atoms with Crippen molar-refractivity contribution in [1.29, 1.82) is 5.26 Å². The van der Waals surface area contributed by atoms with Crippen LogP contribution in [0, 0.1) is 11.3 Å². The average Bonchev–Trinajstić information content (AvgIpc) is 2.29. The fraction of sp³-hybridized carbons (Fsp3) is 0.0909. The summed E-state index contributed by atoms with van der Waals surface area (Å²) in [6.45, 7) is 1.44.